The zero-order valence-electron chi connectivity index (χ0n) is 15.9. The quantitative estimate of drug-likeness (QED) is 0.579. The maximum atomic E-state index is 14.3. The Labute approximate surface area is 159 Å². The Hall–Kier alpha value is -2.76. The van der Waals surface area contributed by atoms with Gasteiger partial charge in [0.15, 0.2) is 23.1 Å². The summed E-state index contributed by atoms with van der Waals surface area (Å²) in [4.78, 5) is 11.4. The molecule has 2 aromatic rings. The summed E-state index contributed by atoms with van der Waals surface area (Å²) in [7, 11) is 1.56. The van der Waals surface area contributed by atoms with Crippen LogP contribution >= 0.6 is 0 Å². The molecule has 0 aliphatic heterocycles. The van der Waals surface area contributed by atoms with Crippen LogP contribution in [-0.4, -0.2) is 26.3 Å². The highest BCUT2D eigenvalue weighted by molar-refractivity contribution is 5.69. The van der Waals surface area contributed by atoms with Gasteiger partial charge in [-0.2, -0.15) is 0 Å². The second-order valence-corrected chi connectivity index (χ2v) is 5.74. The van der Waals surface area contributed by atoms with Gasteiger partial charge < -0.3 is 18.9 Å². The number of esters is 1. The predicted molar refractivity (Wildman–Crippen MR) is 99.8 cm³/mol. The van der Waals surface area contributed by atoms with Crippen molar-refractivity contribution in [2.45, 2.75) is 33.3 Å². The van der Waals surface area contributed by atoms with Crippen molar-refractivity contribution < 1.29 is 28.1 Å². The average molecular weight is 376 g/mol. The van der Waals surface area contributed by atoms with Crippen molar-refractivity contribution in [1.29, 1.82) is 0 Å². The third kappa shape index (κ3) is 5.88. The largest absolute Gasteiger partial charge is 0.492 e. The molecule has 27 heavy (non-hydrogen) atoms. The summed E-state index contributed by atoms with van der Waals surface area (Å²) in [5.74, 6) is 0.566. The molecule has 0 atom stereocenters. The van der Waals surface area contributed by atoms with Gasteiger partial charge in [-0.15, -0.1) is 0 Å². The molecule has 2 rings (SSSR count). The lowest BCUT2D eigenvalue weighted by Gasteiger charge is -2.14. The maximum absolute atomic E-state index is 14.3. The number of aryl methyl sites for hydroxylation is 1. The van der Waals surface area contributed by atoms with Crippen LogP contribution in [0, 0.1) is 5.82 Å². The lowest BCUT2D eigenvalue weighted by atomic mass is 10.1. The topological polar surface area (TPSA) is 54.0 Å². The summed E-state index contributed by atoms with van der Waals surface area (Å²) in [5.41, 5.74) is 1.47. The second-order valence-electron chi connectivity index (χ2n) is 5.74. The molecule has 0 aromatic heterocycles. The summed E-state index contributed by atoms with van der Waals surface area (Å²) >= 11 is 0. The fourth-order valence-corrected chi connectivity index (χ4v) is 2.63. The van der Waals surface area contributed by atoms with Crippen LogP contribution in [0.5, 0.6) is 17.2 Å². The zero-order valence-corrected chi connectivity index (χ0v) is 15.9. The maximum Gasteiger partial charge on any atom is 0.306 e. The molecule has 0 saturated carbocycles. The molecule has 0 heterocycles. The van der Waals surface area contributed by atoms with Crippen molar-refractivity contribution in [2.75, 3.05) is 20.3 Å². The lowest BCUT2D eigenvalue weighted by Crippen LogP contribution is -2.05. The lowest BCUT2D eigenvalue weighted by molar-refractivity contribution is -0.143. The molecule has 0 bridgehead atoms. The number of carbonyl (C=O) groups is 1. The summed E-state index contributed by atoms with van der Waals surface area (Å²) in [6.45, 7) is 4.64. The number of carbonyl (C=O) groups excluding carboxylic acids is 1. The first-order valence-electron chi connectivity index (χ1n) is 8.94. The van der Waals surface area contributed by atoms with Gasteiger partial charge in [0.1, 0.15) is 6.61 Å². The van der Waals surface area contributed by atoms with E-state index in [4.69, 9.17) is 18.9 Å². The molecule has 0 radical (unpaired) electrons. The minimum Gasteiger partial charge on any atom is -0.492 e. The monoisotopic (exact) mass is 376 g/mol. The molecule has 0 amide bonds. The van der Waals surface area contributed by atoms with E-state index in [9.17, 15) is 9.18 Å². The number of hydrogen-bond donors (Lipinski definition) is 0. The van der Waals surface area contributed by atoms with E-state index in [-0.39, 0.29) is 24.7 Å². The number of benzene rings is 2. The molecule has 0 aliphatic rings. The predicted octanol–water partition coefficient (Wildman–Crippen LogP) is 4.31. The van der Waals surface area contributed by atoms with Gasteiger partial charge in [0.05, 0.1) is 20.3 Å². The molecule has 146 valence electrons. The van der Waals surface area contributed by atoms with E-state index in [0.29, 0.717) is 36.7 Å². The Morgan fingerprint density at radius 2 is 1.85 bits per heavy atom. The molecule has 0 fully saturated rings. The highest BCUT2D eigenvalue weighted by Crippen LogP contribution is 2.32. The summed E-state index contributed by atoms with van der Waals surface area (Å²) in [5, 5.41) is 0. The highest BCUT2D eigenvalue weighted by Gasteiger charge is 2.12. The number of ether oxygens (including phenoxy) is 4. The van der Waals surface area contributed by atoms with Crippen LogP contribution in [0.15, 0.2) is 36.4 Å². The number of halogens is 1. The average Bonchev–Trinajstić information content (AvgIpc) is 2.66. The minimum absolute atomic E-state index is 0.138. The Kier molecular flexibility index (Phi) is 7.92. The van der Waals surface area contributed by atoms with Gasteiger partial charge in [0.25, 0.3) is 0 Å². The summed E-state index contributed by atoms with van der Waals surface area (Å²) in [6.07, 6.45) is 0.634. The molecule has 0 aliphatic carbocycles. The first-order chi connectivity index (χ1) is 13.1. The zero-order chi connectivity index (χ0) is 19.6. The molecule has 5 nitrogen and oxygen atoms in total. The number of rotatable bonds is 10. The minimum atomic E-state index is -0.476. The van der Waals surface area contributed by atoms with Gasteiger partial charge >= 0.3 is 5.97 Å². The van der Waals surface area contributed by atoms with Crippen LogP contribution < -0.4 is 14.2 Å². The fraction of sp³-hybridized carbons (Fsp3) is 0.381. The number of para-hydroxylation sites is 1. The summed E-state index contributed by atoms with van der Waals surface area (Å²) < 4.78 is 35.7. The molecular formula is C21H25FO5. The SMILES string of the molecule is CCOC(=O)CCc1ccc(OCc2cccc(OCC)c2OC)c(F)c1. The first kappa shape index (κ1) is 20.6. The standard InChI is InChI=1S/C21H25FO5/c1-4-25-19-8-6-7-16(21(19)24-3)14-27-18-11-9-15(13-17(18)22)10-12-20(23)26-5-2/h6-9,11,13H,4-5,10,12,14H2,1-3H3. The summed E-state index contributed by atoms with van der Waals surface area (Å²) in [6, 6.07) is 10.2. The van der Waals surface area contributed by atoms with Crippen LogP contribution in [0.1, 0.15) is 31.4 Å². The highest BCUT2D eigenvalue weighted by atomic mass is 19.1. The van der Waals surface area contributed by atoms with Gasteiger partial charge in [-0.05, 0) is 44.0 Å². The van der Waals surface area contributed by atoms with E-state index in [1.54, 1.807) is 26.2 Å². The van der Waals surface area contributed by atoms with E-state index < -0.39 is 5.82 Å². The van der Waals surface area contributed by atoms with Gasteiger partial charge in [-0.3, -0.25) is 4.79 Å². The van der Waals surface area contributed by atoms with E-state index in [0.717, 1.165) is 5.56 Å². The normalized spacial score (nSPS) is 10.4. The van der Waals surface area contributed by atoms with Gasteiger partial charge in [-0.25, -0.2) is 4.39 Å². The number of hydrogen-bond acceptors (Lipinski definition) is 5. The van der Waals surface area contributed by atoms with Crippen molar-refractivity contribution in [1.82, 2.24) is 0 Å². The van der Waals surface area contributed by atoms with Crippen LogP contribution in [0.2, 0.25) is 0 Å². The van der Waals surface area contributed by atoms with E-state index >= 15 is 0 Å². The van der Waals surface area contributed by atoms with Crippen LogP contribution in [0.4, 0.5) is 4.39 Å². The fourth-order valence-electron chi connectivity index (χ4n) is 2.63. The Bertz CT molecular complexity index is 760. The van der Waals surface area contributed by atoms with Crippen molar-refractivity contribution in [2.24, 2.45) is 0 Å². The molecule has 6 heteroatoms. The van der Waals surface area contributed by atoms with E-state index in [1.807, 2.05) is 25.1 Å². The Balaban J connectivity index is 2.02. The third-order valence-electron chi connectivity index (χ3n) is 3.87. The van der Waals surface area contributed by atoms with Gasteiger partial charge in [-0.1, -0.05) is 18.2 Å². The van der Waals surface area contributed by atoms with Crippen molar-refractivity contribution in [3.05, 3.63) is 53.3 Å². The third-order valence-corrected chi connectivity index (χ3v) is 3.87. The van der Waals surface area contributed by atoms with Crippen LogP contribution in [0.3, 0.4) is 0 Å². The molecule has 0 unspecified atom stereocenters. The molecule has 0 spiro atoms. The Morgan fingerprint density at radius 3 is 2.52 bits per heavy atom. The van der Waals surface area contributed by atoms with Crippen LogP contribution in [0.25, 0.3) is 0 Å². The molecule has 0 saturated heterocycles. The smallest absolute Gasteiger partial charge is 0.306 e. The number of methoxy groups -OCH3 is 1. The molecular weight excluding hydrogens is 351 g/mol. The molecule has 2 aromatic carbocycles. The first-order valence-corrected chi connectivity index (χ1v) is 8.94. The van der Waals surface area contributed by atoms with Crippen molar-refractivity contribution >= 4 is 5.97 Å². The van der Waals surface area contributed by atoms with Crippen LogP contribution in [-0.2, 0) is 22.6 Å². The van der Waals surface area contributed by atoms with Gasteiger partial charge in [0, 0.05) is 12.0 Å². The second kappa shape index (κ2) is 10.4. The van der Waals surface area contributed by atoms with Crippen molar-refractivity contribution in [3.8, 4) is 17.2 Å². The molecule has 0 N–H and O–H groups in total. The van der Waals surface area contributed by atoms with E-state index in [2.05, 4.69) is 0 Å². The van der Waals surface area contributed by atoms with E-state index in [1.165, 1.54) is 6.07 Å². The van der Waals surface area contributed by atoms with Crippen molar-refractivity contribution in [3.63, 3.8) is 0 Å². The van der Waals surface area contributed by atoms with Gasteiger partial charge in [0.2, 0.25) is 0 Å². The Morgan fingerprint density at radius 1 is 1.04 bits per heavy atom.